The maximum atomic E-state index is 12.5. The number of nitrogens with one attached hydrogen (secondary N) is 1. The van der Waals surface area contributed by atoms with Gasteiger partial charge in [-0.25, -0.2) is 0 Å². The molecule has 1 aliphatic carbocycles. The van der Waals surface area contributed by atoms with Gasteiger partial charge >= 0.3 is 0 Å². The summed E-state index contributed by atoms with van der Waals surface area (Å²) in [4.78, 5) is 26.1. The number of carbonyl (C=O) groups is 2. The number of amides is 2. The lowest BCUT2D eigenvalue weighted by Crippen LogP contribution is -2.51. The third kappa shape index (κ3) is 4.10. The number of furan rings is 1. The van der Waals surface area contributed by atoms with Crippen molar-refractivity contribution in [3.05, 3.63) is 24.2 Å². The molecule has 2 atom stereocenters. The Bertz CT molecular complexity index is 508. The average Bonchev–Trinajstić information content (AvgIpc) is 3.18. The van der Waals surface area contributed by atoms with Crippen LogP contribution in [0.4, 0.5) is 0 Å². The van der Waals surface area contributed by atoms with Crippen molar-refractivity contribution < 1.29 is 19.1 Å². The van der Waals surface area contributed by atoms with E-state index in [0.717, 1.165) is 12.8 Å². The van der Waals surface area contributed by atoms with Crippen molar-refractivity contribution in [3.63, 3.8) is 0 Å². The fourth-order valence-electron chi connectivity index (χ4n) is 2.37. The van der Waals surface area contributed by atoms with Crippen LogP contribution in [0.3, 0.4) is 0 Å². The summed E-state index contributed by atoms with van der Waals surface area (Å²) < 4.78 is 5.04. The summed E-state index contributed by atoms with van der Waals surface area (Å²) in [5, 5.41) is 12.7. The molecule has 2 unspecified atom stereocenters. The standard InChI is InChI=1S/C16H24N2O4/c1-10(2)14(17-15(20)13-5-4-8-22-13)16(21)18(3)9-12(19)11-6-7-11/h4-5,8,10-12,14,19H,6-7,9H2,1-3H3,(H,17,20). The molecule has 2 rings (SSSR count). The van der Waals surface area contributed by atoms with Crippen molar-refractivity contribution in [1.29, 1.82) is 0 Å². The zero-order valence-electron chi connectivity index (χ0n) is 13.3. The molecule has 122 valence electrons. The summed E-state index contributed by atoms with van der Waals surface area (Å²) in [7, 11) is 1.66. The minimum Gasteiger partial charge on any atom is -0.459 e. The number of hydrogen-bond donors (Lipinski definition) is 2. The first-order chi connectivity index (χ1) is 10.4. The van der Waals surface area contributed by atoms with Gasteiger partial charge < -0.3 is 19.7 Å². The van der Waals surface area contributed by atoms with Gasteiger partial charge in [0.25, 0.3) is 5.91 Å². The minimum atomic E-state index is -0.644. The van der Waals surface area contributed by atoms with Crippen LogP contribution in [0.15, 0.2) is 22.8 Å². The fourth-order valence-corrected chi connectivity index (χ4v) is 2.37. The molecule has 6 nitrogen and oxygen atoms in total. The summed E-state index contributed by atoms with van der Waals surface area (Å²) >= 11 is 0. The quantitative estimate of drug-likeness (QED) is 0.794. The second-order valence-corrected chi connectivity index (χ2v) is 6.30. The average molecular weight is 308 g/mol. The van der Waals surface area contributed by atoms with Crippen LogP contribution in [0.2, 0.25) is 0 Å². The molecule has 1 aromatic rings. The van der Waals surface area contributed by atoms with Crippen molar-refractivity contribution in [1.82, 2.24) is 10.2 Å². The molecule has 0 aliphatic heterocycles. The Morgan fingerprint density at radius 2 is 2.14 bits per heavy atom. The van der Waals surface area contributed by atoms with E-state index in [-0.39, 0.29) is 17.6 Å². The number of nitrogens with zero attached hydrogens (tertiary/aromatic N) is 1. The third-order valence-corrected chi connectivity index (χ3v) is 3.97. The third-order valence-electron chi connectivity index (χ3n) is 3.97. The number of hydrogen-bond acceptors (Lipinski definition) is 4. The molecule has 0 bridgehead atoms. The number of likely N-dealkylation sites (N-methyl/N-ethyl adjacent to an activating group) is 1. The summed E-state index contributed by atoms with van der Waals surface area (Å²) in [6.07, 6.45) is 2.97. The Balaban J connectivity index is 1.96. The summed E-state index contributed by atoms with van der Waals surface area (Å²) in [5.74, 6) is -0.181. The second-order valence-electron chi connectivity index (χ2n) is 6.30. The molecule has 1 saturated carbocycles. The molecule has 0 radical (unpaired) electrons. The van der Waals surface area contributed by atoms with E-state index in [4.69, 9.17) is 4.42 Å². The number of aliphatic hydroxyl groups excluding tert-OH is 1. The van der Waals surface area contributed by atoms with Gasteiger partial charge in [0, 0.05) is 13.6 Å². The van der Waals surface area contributed by atoms with Crippen molar-refractivity contribution >= 4 is 11.8 Å². The first kappa shape index (κ1) is 16.5. The van der Waals surface area contributed by atoms with Crippen LogP contribution in [0.1, 0.15) is 37.2 Å². The van der Waals surface area contributed by atoms with Gasteiger partial charge in [0.2, 0.25) is 5.91 Å². The van der Waals surface area contributed by atoms with Gasteiger partial charge in [-0.1, -0.05) is 13.8 Å². The highest BCUT2D eigenvalue weighted by atomic mass is 16.3. The minimum absolute atomic E-state index is 0.0630. The van der Waals surface area contributed by atoms with Gasteiger partial charge in [-0.3, -0.25) is 9.59 Å². The highest BCUT2D eigenvalue weighted by Crippen LogP contribution is 2.32. The Labute approximate surface area is 130 Å². The lowest BCUT2D eigenvalue weighted by molar-refractivity contribution is -0.134. The maximum Gasteiger partial charge on any atom is 0.287 e. The van der Waals surface area contributed by atoms with Crippen LogP contribution in [0.25, 0.3) is 0 Å². The summed E-state index contributed by atoms with van der Waals surface area (Å²) in [5.41, 5.74) is 0. The molecule has 22 heavy (non-hydrogen) atoms. The lowest BCUT2D eigenvalue weighted by Gasteiger charge is -2.28. The number of aliphatic hydroxyl groups is 1. The van der Waals surface area contributed by atoms with Crippen LogP contribution >= 0.6 is 0 Å². The number of rotatable bonds is 7. The van der Waals surface area contributed by atoms with Crippen molar-refractivity contribution in [2.75, 3.05) is 13.6 Å². The molecule has 0 saturated heterocycles. The van der Waals surface area contributed by atoms with Gasteiger partial charge in [0.1, 0.15) is 6.04 Å². The van der Waals surface area contributed by atoms with E-state index < -0.39 is 18.1 Å². The highest BCUT2D eigenvalue weighted by Gasteiger charge is 2.33. The predicted octanol–water partition coefficient (Wildman–Crippen LogP) is 1.26. The predicted molar refractivity (Wildman–Crippen MR) is 81.2 cm³/mol. The van der Waals surface area contributed by atoms with Gasteiger partial charge in [-0.15, -0.1) is 0 Å². The van der Waals surface area contributed by atoms with Gasteiger partial charge in [0.15, 0.2) is 5.76 Å². The lowest BCUT2D eigenvalue weighted by atomic mass is 10.0. The van der Waals surface area contributed by atoms with E-state index in [9.17, 15) is 14.7 Å². The van der Waals surface area contributed by atoms with Crippen molar-refractivity contribution in [2.24, 2.45) is 11.8 Å². The Hall–Kier alpha value is -1.82. The fraction of sp³-hybridized carbons (Fsp3) is 0.625. The zero-order valence-corrected chi connectivity index (χ0v) is 13.3. The molecule has 1 fully saturated rings. The molecular formula is C16H24N2O4. The van der Waals surface area contributed by atoms with Crippen LogP contribution in [-0.4, -0.2) is 47.6 Å². The Morgan fingerprint density at radius 3 is 2.64 bits per heavy atom. The van der Waals surface area contributed by atoms with Crippen LogP contribution in [-0.2, 0) is 4.79 Å². The molecule has 1 aliphatic rings. The Morgan fingerprint density at radius 1 is 1.45 bits per heavy atom. The van der Waals surface area contributed by atoms with Crippen LogP contribution in [0, 0.1) is 11.8 Å². The molecule has 0 aromatic carbocycles. The molecule has 1 heterocycles. The van der Waals surface area contributed by atoms with Gasteiger partial charge in [0.05, 0.1) is 12.4 Å². The van der Waals surface area contributed by atoms with E-state index in [1.807, 2.05) is 13.8 Å². The second kappa shape index (κ2) is 6.96. The topological polar surface area (TPSA) is 82.8 Å². The largest absolute Gasteiger partial charge is 0.459 e. The van der Waals surface area contributed by atoms with Crippen LogP contribution < -0.4 is 5.32 Å². The SMILES string of the molecule is CC(C)C(NC(=O)c1ccco1)C(=O)N(C)CC(O)C1CC1. The number of carbonyl (C=O) groups excluding carboxylic acids is 2. The van der Waals surface area contributed by atoms with E-state index in [1.54, 1.807) is 19.2 Å². The first-order valence-electron chi connectivity index (χ1n) is 7.67. The molecule has 1 aromatic heterocycles. The van der Waals surface area contributed by atoms with Crippen molar-refractivity contribution in [3.8, 4) is 0 Å². The summed E-state index contributed by atoms with van der Waals surface area (Å²) in [6, 6.07) is 2.53. The van der Waals surface area contributed by atoms with E-state index in [0.29, 0.717) is 12.5 Å². The monoisotopic (exact) mass is 308 g/mol. The smallest absolute Gasteiger partial charge is 0.287 e. The zero-order chi connectivity index (χ0) is 16.3. The normalized spacial score (nSPS) is 17.1. The molecule has 6 heteroatoms. The molecule has 2 amide bonds. The van der Waals surface area contributed by atoms with Gasteiger partial charge in [-0.05, 0) is 36.8 Å². The van der Waals surface area contributed by atoms with Gasteiger partial charge in [-0.2, -0.15) is 0 Å². The highest BCUT2D eigenvalue weighted by molar-refractivity contribution is 5.95. The summed E-state index contributed by atoms with van der Waals surface area (Å²) in [6.45, 7) is 4.04. The van der Waals surface area contributed by atoms with E-state index >= 15 is 0 Å². The van der Waals surface area contributed by atoms with E-state index in [2.05, 4.69) is 5.32 Å². The van der Waals surface area contributed by atoms with Crippen LogP contribution in [0.5, 0.6) is 0 Å². The Kier molecular flexibility index (Phi) is 5.24. The van der Waals surface area contributed by atoms with E-state index in [1.165, 1.54) is 11.2 Å². The first-order valence-corrected chi connectivity index (χ1v) is 7.67. The molecular weight excluding hydrogens is 284 g/mol. The molecule has 2 N–H and O–H groups in total. The molecule has 0 spiro atoms. The van der Waals surface area contributed by atoms with Crippen molar-refractivity contribution in [2.45, 2.75) is 38.8 Å². The maximum absolute atomic E-state index is 12.5.